The number of nitro benzene ring substituents is 1. The lowest BCUT2D eigenvalue weighted by atomic mass is 9.95. The van der Waals surface area contributed by atoms with E-state index in [1.165, 1.54) is 35.2 Å². The van der Waals surface area contributed by atoms with Crippen LogP contribution in [0.1, 0.15) is 17.2 Å². The zero-order chi connectivity index (χ0) is 22.0. The lowest BCUT2D eigenvalue weighted by Crippen LogP contribution is -2.35. The fourth-order valence-electron chi connectivity index (χ4n) is 3.34. The number of carbonyl (C=O) groups excluding carboxylic acids is 2. The molecule has 30 heavy (non-hydrogen) atoms. The summed E-state index contributed by atoms with van der Waals surface area (Å²) in [6, 6.07) is 11.0. The van der Waals surface area contributed by atoms with Gasteiger partial charge in [0.15, 0.2) is 0 Å². The average molecular weight is 430 g/mol. The first-order valence-electron chi connectivity index (χ1n) is 9.14. The minimum atomic E-state index is -0.944. The molecule has 1 saturated heterocycles. The number of Topliss-reactive ketones (excluding diaryl/α,β-unsaturated/α-hetero) is 1. The fraction of sp³-hybridized carbons (Fsp3) is 0.238. The Labute approximate surface area is 178 Å². The van der Waals surface area contributed by atoms with E-state index >= 15 is 0 Å². The van der Waals surface area contributed by atoms with E-state index in [-0.39, 0.29) is 23.6 Å². The topological polar surface area (TPSA) is 104 Å². The summed E-state index contributed by atoms with van der Waals surface area (Å²) in [4.78, 5) is 39.5. The van der Waals surface area contributed by atoms with Gasteiger partial charge in [-0.3, -0.25) is 19.7 Å². The second-order valence-corrected chi connectivity index (χ2v) is 7.59. The summed E-state index contributed by atoms with van der Waals surface area (Å²) < 4.78 is 0. The highest BCUT2D eigenvalue weighted by Gasteiger charge is 2.46. The Bertz CT molecular complexity index is 1030. The van der Waals surface area contributed by atoms with Crippen molar-refractivity contribution >= 4 is 34.7 Å². The van der Waals surface area contributed by atoms with Gasteiger partial charge in [0, 0.05) is 35.8 Å². The highest BCUT2D eigenvalue weighted by molar-refractivity contribution is 6.46. The molecule has 0 spiro atoms. The molecule has 1 aliphatic heterocycles. The zero-order valence-electron chi connectivity index (χ0n) is 16.4. The van der Waals surface area contributed by atoms with E-state index in [1.807, 2.05) is 19.0 Å². The molecule has 2 aromatic carbocycles. The molecule has 9 heteroatoms. The highest BCUT2D eigenvalue weighted by atomic mass is 35.5. The number of likely N-dealkylation sites (tertiary alicyclic amines) is 1. The number of non-ortho nitro benzene ring substituents is 1. The van der Waals surface area contributed by atoms with Crippen LogP contribution < -0.4 is 0 Å². The van der Waals surface area contributed by atoms with Gasteiger partial charge in [0.05, 0.1) is 16.5 Å². The van der Waals surface area contributed by atoms with Crippen molar-refractivity contribution in [3.63, 3.8) is 0 Å². The van der Waals surface area contributed by atoms with Gasteiger partial charge in [0.25, 0.3) is 17.4 Å². The summed E-state index contributed by atoms with van der Waals surface area (Å²) in [5.74, 6) is -1.95. The van der Waals surface area contributed by atoms with E-state index in [0.717, 1.165) is 0 Å². The number of carbonyl (C=O) groups is 2. The number of aliphatic hydroxyl groups excluding tert-OH is 1. The Kier molecular flexibility index (Phi) is 6.19. The number of benzene rings is 2. The molecule has 1 N–H and O–H groups in total. The van der Waals surface area contributed by atoms with Crippen molar-refractivity contribution in [3.8, 4) is 0 Å². The Balaban J connectivity index is 2.17. The van der Waals surface area contributed by atoms with E-state index in [4.69, 9.17) is 11.6 Å². The minimum absolute atomic E-state index is 0.110. The Morgan fingerprint density at radius 1 is 1.20 bits per heavy atom. The van der Waals surface area contributed by atoms with Crippen molar-refractivity contribution in [2.24, 2.45) is 0 Å². The summed E-state index contributed by atoms with van der Waals surface area (Å²) in [7, 11) is 3.65. The monoisotopic (exact) mass is 429 g/mol. The standard InChI is InChI=1S/C21H20ClN3O5/c1-23(2)10-11-24-18(14-4-3-5-16(12-14)25(29)30)17(20(27)21(24)28)19(26)13-6-8-15(22)9-7-13/h3-9,12,18,26H,10-11H2,1-2H3/t18-/m0/s1. The molecule has 0 unspecified atom stereocenters. The van der Waals surface area contributed by atoms with Gasteiger partial charge < -0.3 is 14.9 Å². The van der Waals surface area contributed by atoms with Crippen LogP contribution >= 0.6 is 11.6 Å². The molecule has 3 rings (SSSR count). The number of amides is 1. The van der Waals surface area contributed by atoms with Gasteiger partial charge in [0.2, 0.25) is 0 Å². The number of hydrogen-bond acceptors (Lipinski definition) is 6. The van der Waals surface area contributed by atoms with Crippen molar-refractivity contribution in [2.75, 3.05) is 27.2 Å². The molecule has 0 aliphatic carbocycles. The van der Waals surface area contributed by atoms with Gasteiger partial charge in [0.1, 0.15) is 5.76 Å². The van der Waals surface area contributed by atoms with Gasteiger partial charge in [-0.05, 0) is 43.9 Å². The molecule has 1 aliphatic rings. The van der Waals surface area contributed by atoms with E-state index in [1.54, 1.807) is 18.2 Å². The van der Waals surface area contributed by atoms with Crippen molar-refractivity contribution < 1.29 is 19.6 Å². The molecule has 0 radical (unpaired) electrons. The third kappa shape index (κ3) is 4.19. The summed E-state index contributed by atoms with van der Waals surface area (Å²) >= 11 is 5.90. The molecular formula is C21H20ClN3O5. The lowest BCUT2D eigenvalue weighted by molar-refractivity contribution is -0.384. The van der Waals surface area contributed by atoms with Crippen LogP contribution in [0.3, 0.4) is 0 Å². The van der Waals surface area contributed by atoms with Crippen LogP contribution in [0.4, 0.5) is 5.69 Å². The molecular weight excluding hydrogens is 410 g/mol. The quantitative estimate of drug-likeness (QED) is 0.248. The second kappa shape index (κ2) is 8.64. The summed E-state index contributed by atoms with van der Waals surface area (Å²) in [6.45, 7) is 0.682. The SMILES string of the molecule is CN(C)CCN1C(=O)C(=O)C(=C(O)c2ccc(Cl)cc2)[C@@H]1c1cccc([N+](=O)[O-])c1. The van der Waals surface area contributed by atoms with Gasteiger partial charge in [-0.1, -0.05) is 23.7 Å². The predicted octanol–water partition coefficient (Wildman–Crippen LogP) is 3.23. The fourth-order valence-corrected chi connectivity index (χ4v) is 3.46. The second-order valence-electron chi connectivity index (χ2n) is 7.15. The number of aliphatic hydroxyl groups is 1. The number of hydrogen-bond donors (Lipinski definition) is 1. The number of nitrogens with zero attached hydrogens (tertiary/aromatic N) is 3. The zero-order valence-corrected chi connectivity index (χ0v) is 17.2. The lowest BCUT2D eigenvalue weighted by Gasteiger charge is -2.26. The number of rotatable bonds is 6. The minimum Gasteiger partial charge on any atom is -0.507 e. The van der Waals surface area contributed by atoms with Gasteiger partial charge in [-0.25, -0.2) is 0 Å². The summed E-state index contributed by atoms with van der Waals surface area (Å²) in [5.41, 5.74) is 0.414. The first-order chi connectivity index (χ1) is 14.2. The Hall–Kier alpha value is -3.23. The molecule has 1 amide bonds. The first-order valence-corrected chi connectivity index (χ1v) is 9.52. The maximum absolute atomic E-state index is 12.9. The number of ketones is 1. The maximum Gasteiger partial charge on any atom is 0.295 e. The van der Waals surface area contributed by atoms with Crippen LogP contribution in [0.15, 0.2) is 54.1 Å². The highest BCUT2D eigenvalue weighted by Crippen LogP contribution is 2.40. The summed E-state index contributed by atoms with van der Waals surface area (Å²) in [6.07, 6.45) is 0. The van der Waals surface area contributed by atoms with E-state index in [0.29, 0.717) is 22.7 Å². The Morgan fingerprint density at radius 3 is 2.47 bits per heavy atom. The van der Waals surface area contributed by atoms with Gasteiger partial charge in [-0.15, -0.1) is 0 Å². The van der Waals surface area contributed by atoms with Crippen molar-refractivity contribution in [3.05, 3.63) is 80.4 Å². The number of nitro groups is 1. The first kappa shape index (κ1) is 21.5. The molecule has 0 bridgehead atoms. The predicted molar refractivity (Wildman–Crippen MR) is 112 cm³/mol. The number of halogens is 1. The van der Waals surface area contributed by atoms with Gasteiger partial charge in [-0.2, -0.15) is 0 Å². The molecule has 0 aromatic heterocycles. The number of likely N-dealkylation sites (N-methyl/N-ethyl adjacent to an activating group) is 1. The third-order valence-corrected chi connectivity index (χ3v) is 5.09. The largest absolute Gasteiger partial charge is 0.507 e. The van der Waals surface area contributed by atoms with E-state index < -0.39 is 22.7 Å². The van der Waals surface area contributed by atoms with E-state index in [2.05, 4.69) is 0 Å². The van der Waals surface area contributed by atoms with Crippen LogP contribution in [0.5, 0.6) is 0 Å². The Morgan fingerprint density at radius 2 is 1.87 bits per heavy atom. The van der Waals surface area contributed by atoms with Crippen molar-refractivity contribution in [2.45, 2.75) is 6.04 Å². The smallest absolute Gasteiger partial charge is 0.295 e. The normalized spacial score (nSPS) is 18.3. The molecule has 156 valence electrons. The molecule has 8 nitrogen and oxygen atoms in total. The van der Waals surface area contributed by atoms with Crippen molar-refractivity contribution in [1.29, 1.82) is 0 Å². The molecule has 1 atom stereocenters. The molecule has 2 aromatic rings. The molecule has 1 fully saturated rings. The molecule has 0 saturated carbocycles. The molecule has 1 heterocycles. The van der Waals surface area contributed by atoms with Crippen LogP contribution in [0.25, 0.3) is 5.76 Å². The maximum atomic E-state index is 12.9. The van der Waals surface area contributed by atoms with Crippen LogP contribution in [0, 0.1) is 10.1 Å². The van der Waals surface area contributed by atoms with Crippen LogP contribution in [-0.2, 0) is 9.59 Å². The third-order valence-electron chi connectivity index (χ3n) is 4.84. The average Bonchev–Trinajstić information content (AvgIpc) is 2.97. The van der Waals surface area contributed by atoms with Crippen LogP contribution in [-0.4, -0.2) is 58.7 Å². The van der Waals surface area contributed by atoms with E-state index in [9.17, 15) is 24.8 Å². The van der Waals surface area contributed by atoms with Gasteiger partial charge >= 0.3 is 0 Å². The van der Waals surface area contributed by atoms with Crippen molar-refractivity contribution in [1.82, 2.24) is 9.80 Å². The summed E-state index contributed by atoms with van der Waals surface area (Å²) in [5, 5.41) is 22.6. The van der Waals surface area contributed by atoms with Crippen LogP contribution in [0.2, 0.25) is 5.02 Å².